The van der Waals surface area contributed by atoms with Gasteiger partial charge in [0.15, 0.2) is 0 Å². The van der Waals surface area contributed by atoms with Gasteiger partial charge in [0.25, 0.3) is 7.28 Å². The van der Waals surface area contributed by atoms with E-state index in [9.17, 15) is 4.79 Å². The van der Waals surface area contributed by atoms with Crippen molar-refractivity contribution in [2.45, 2.75) is 0 Å². The third-order valence-electron chi connectivity index (χ3n) is 0.612. The van der Waals surface area contributed by atoms with Crippen LogP contribution >= 0.6 is 0 Å². The lowest BCUT2D eigenvalue weighted by Gasteiger charge is -1.96. The maximum Gasteiger partial charge on any atom is 0.281 e. The highest BCUT2D eigenvalue weighted by atomic mass is 16.4. The van der Waals surface area contributed by atoms with E-state index in [1.165, 1.54) is 0 Å². The van der Waals surface area contributed by atoms with Crippen molar-refractivity contribution in [3.05, 3.63) is 10.7 Å². The van der Waals surface area contributed by atoms with Crippen molar-refractivity contribution >= 4 is 36.7 Å². The van der Waals surface area contributed by atoms with Crippen LogP contribution in [0.25, 0.3) is 0 Å². The molecule has 0 saturated carbocycles. The van der Waals surface area contributed by atoms with Crippen molar-refractivity contribution in [3.63, 3.8) is 0 Å². The van der Waals surface area contributed by atoms with Gasteiger partial charge in [-0.05, 0) is 0 Å². The molecule has 0 atom stereocenters. The Balaban J connectivity index is 3.92. The lowest BCUT2D eigenvalue weighted by molar-refractivity contribution is 0.220. The molecule has 0 unspecified atom stereocenters. The molecule has 9 heavy (non-hydrogen) atoms. The van der Waals surface area contributed by atoms with Gasteiger partial charge in [-0.2, -0.15) is 10.7 Å². The van der Waals surface area contributed by atoms with E-state index in [4.69, 9.17) is 28.6 Å². The summed E-state index contributed by atoms with van der Waals surface area (Å²) in [7, 11) is 15.6. The molecular weight excluding hydrogens is 111 g/mol. The molecule has 0 heterocycles. The van der Waals surface area contributed by atoms with Gasteiger partial charge < -0.3 is 5.11 Å². The molecule has 0 aliphatic rings. The molecule has 37 valence electrons. The molecule has 2 nitrogen and oxygen atoms in total. The standard InChI is InChI=1S/C3HB4O2/c4-1(5)2(6)7-3(8)9/h(H,8,9). The first-order valence-corrected chi connectivity index (χ1v) is 2.12. The second-order valence-corrected chi connectivity index (χ2v) is 1.39. The number of hydrogen-bond donors (Lipinski definition) is 1. The lowest BCUT2D eigenvalue weighted by atomic mass is 9.52. The van der Waals surface area contributed by atoms with Gasteiger partial charge in [0.05, 0.1) is 23.5 Å². The van der Waals surface area contributed by atoms with Crippen molar-refractivity contribution in [3.8, 4) is 0 Å². The van der Waals surface area contributed by atoms with E-state index in [1.54, 1.807) is 0 Å². The summed E-state index contributed by atoms with van der Waals surface area (Å²) >= 11 is 0. The Hall–Kier alpha value is -0.530. The molecule has 0 rings (SSSR count). The Morgan fingerprint density at radius 3 is 1.89 bits per heavy atom. The Labute approximate surface area is 58.2 Å². The van der Waals surface area contributed by atoms with Crippen LogP contribution in [-0.4, -0.2) is 41.8 Å². The van der Waals surface area contributed by atoms with Crippen LogP contribution in [0.2, 0.25) is 0 Å². The SMILES string of the molecule is [B]C([B])=C([B])[B]C(=O)O. The fourth-order valence-corrected chi connectivity index (χ4v) is 0.216. The Morgan fingerprint density at radius 2 is 1.78 bits per heavy atom. The van der Waals surface area contributed by atoms with Crippen molar-refractivity contribution in [1.29, 1.82) is 0 Å². The van der Waals surface area contributed by atoms with Gasteiger partial charge in [-0.3, -0.25) is 4.79 Å². The summed E-state index contributed by atoms with van der Waals surface area (Å²) in [5.41, 5.74) is 0. The predicted molar refractivity (Wildman–Crippen MR) is 38.1 cm³/mol. The normalized spacial score (nSPS) is 8.00. The van der Waals surface area contributed by atoms with Gasteiger partial charge in [-0.1, -0.05) is 0 Å². The van der Waals surface area contributed by atoms with Crippen LogP contribution in [-0.2, 0) is 0 Å². The van der Waals surface area contributed by atoms with Crippen LogP contribution in [0.1, 0.15) is 0 Å². The largest absolute Gasteiger partial charge is 0.489 e. The molecule has 0 bridgehead atoms. The van der Waals surface area contributed by atoms with Crippen molar-refractivity contribution in [2.75, 3.05) is 0 Å². The summed E-state index contributed by atoms with van der Waals surface area (Å²) in [6, 6.07) is 0. The molecule has 0 saturated heterocycles. The van der Waals surface area contributed by atoms with E-state index < -0.39 is 5.87 Å². The maximum absolute atomic E-state index is 9.83. The monoisotopic (exact) mass is 113 g/mol. The summed E-state index contributed by atoms with van der Waals surface area (Å²) in [4.78, 5) is 9.83. The van der Waals surface area contributed by atoms with Gasteiger partial charge >= 0.3 is 0 Å². The first kappa shape index (κ1) is 8.47. The van der Waals surface area contributed by atoms with Gasteiger partial charge in [0.2, 0.25) is 5.87 Å². The lowest BCUT2D eigenvalue weighted by Crippen LogP contribution is -2.11. The predicted octanol–water partition coefficient (Wildman–Crippen LogP) is -0.999. The third-order valence-corrected chi connectivity index (χ3v) is 0.612. The highest BCUT2D eigenvalue weighted by molar-refractivity contribution is 6.86. The molecule has 0 aliphatic carbocycles. The molecule has 0 aromatic carbocycles. The van der Waals surface area contributed by atoms with Gasteiger partial charge in [-0.15, -0.1) is 0 Å². The van der Waals surface area contributed by atoms with Crippen LogP contribution in [0, 0.1) is 0 Å². The molecule has 6 heteroatoms. The highest BCUT2D eigenvalue weighted by Crippen LogP contribution is 1.88. The van der Waals surface area contributed by atoms with E-state index >= 15 is 0 Å². The smallest absolute Gasteiger partial charge is 0.281 e. The molecule has 1 N–H and O–H groups in total. The van der Waals surface area contributed by atoms with Crippen molar-refractivity contribution < 1.29 is 9.90 Å². The number of carboxylic acid groups (broad SMARTS) is 1. The fourth-order valence-electron chi connectivity index (χ4n) is 0.216. The molecule has 0 amide bonds. The molecular formula is C3HB4O2. The maximum atomic E-state index is 9.83. The Morgan fingerprint density at radius 1 is 1.33 bits per heavy atom. The quantitative estimate of drug-likeness (QED) is 0.465. The minimum absolute atomic E-state index is 0.123. The average molecular weight is 112 g/mol. The average Bonchev–Trinajstić information content (AvgIpc) is 1.63. The van der Waals surface area contributed by atoms with Crippen LogP contribution < -0.4 is 0 Å². The van der Waals surface area contributed by atoms with E-state index in [2.05, 4.69) is 0 Å². The summed E-state index contributed by atoms with van der Waals surface area (Å²) < 4.78 is 0. The summed E-state index contributed by atoms with van der Waals surface area (Å²) in [5, 5.41) is 7.75. The second-order valence-electron chi connectivity index (χ2n) is 1.39. The fraction of sp³-hybridized carbons (Fsp3) is 0. The minimum Gasteiger partial charge on any atom is -0.489 e. The van der Waals surface area contributed by atoms with E-state index in [1.807, 2.05) is 0 Å². The number of carbonyl (C=O) groups is 1. The summed E-state index contributed by atoms with van der Waals surface area (Å²) in [6.07, 6.45) is 0. The summed E-state index contributed by atoms with van der Waals surface area (Å²) in [6.45, 7) is 0. The van der Waals surface area contributed by atoms with Crippen molar-refractivity contribution in [2.24, 2.45) is 0 Å². The summed E-state index contributed by atoms with van der Waals surface area (Å²) in [5.74, 6) is -1.17. The number of rotatable bonds is 2. The zero-order valence-corrected chi connectivity index (χ0v) is 4.66. The van der Waals surface area contributed by atoms with E-state index in [0.29, 0.717) is 0 Å². The van der Waals surface area contributed by atoms with Crippen molar-refractivity contribution in [1.82, 2.24) is 0 Å². The molecule has 0 aromatic heterocycles. The molecule has 0 fully saturated rings. The highest BCUT2D eigenvalue weighted by Gasteiger charge is 2.00. The molecule has 0 aliphatic heterocycles. The molecule has 0 spiro atoms. The van der Waals surface area contributed by atoms with E-state index in [0.717, 1.165) is 7.28 Å². The topological polar surface area (TPSA) is 37.3 Å². The van der Waals surface area contributed by atoms with E-state index in [-0.39, 0.29) is 10.7 Å². The third kappa shape index (κ3) is 4.01. The second kappa shape index (κ2) is 3.49. The van der Waals surface area contributed by atoms with Gasteiger partial charge in [0.1, 0.15) is 0 Å². The number of hydrogen-bond acceptors (Lipinski definition) is 1. The zero-order chi connectivity index (χ0) is 7.44. The first-order chi connectivity index (χ1) is 4.04. The van der Waals surface area contributed by atoms with Crippen LogP contribution in [0.5, 0.6) is 0 Å². The molecule has 7 radical (unpaired) electrons. The Bertz CT molecular complexity index is 148. The van der Waals surface area contributed by atoms with Crippen LogP contribution in [0.3, 0.4) is 0 Å². The van der Waals surface area contributed by atoms with Gasteiger partial charge in [-0.25, -0.2) is 0 Å². The zero-order valence-electron chi connectivity index (χ0n) is 4.66. The molecule has 0 aromatic rings. The van der Waals surface area contributed by atoms with Crippen LogP contribution in [0.4, 0.5) is 4.79 Å². The first-order valence-electron chi connectivity index (χ1n) is 2.12. The Kier molecular flexibility index (Phi) is 3.28. The minimum atomic E-state index is -1.17. The van der Waals surface area contributed by atoms with Gasteiger partial charge in [0, 0.05) is 0 Å². The van der Waals surface area contributed by atoms with Crippen LogP contribution in [0.15, 0.2) is 10.7 Å².